The Morgan fingerprint density at radius 1 is 1.07 bits per heavy atom. The lowest BCUT2D eigenvalue weighted by molar-refractivity contribution is 0.102. The number of anilines is 3. The van der Waals surface area contributed by atoms with Crippen molar-refractivity contribution in [2.75, 3.05) is 17.4 Å². The number of ether oxygens (including phenoxy) is 2. The van der Waals surface area contributed by atoms with Crippen molar-refractivity contribution in [1.82, 2.24) is 15.0 Å². The van der Waals surface area contributed by atoms with Crippen LogP contribution >= 0.6 is 11.3 Å². The predicted octanol–water partition coefficient (Wildman–Crippen LogP) is 3.81. The summed E-state index contributed by atoms with van der Waals surface area (Å²) in [6.45, 7) is 0.195. The summed E-state index contributed by atoms with van der Waals surface area (Å²) in [4.78, 5) is 25.2. The summed E-state index contributed by atoms with van der Waals surface area (Å²) < 4.78 is 11.5. The summed E-state index contributed by atoms with van der Waals surface area (Å²) >= 11 is 1.45. The number of hydrogen-bond acceptors (Lipinski definition) is 8. The Hall–Kier alpha value is -3.72. The average molecular weight is 391 g/mol. The highest BCUT2D eigenvalue weighted by Crippen LogP contribution is 2.34. The van der Waals surface area contributed by atoms with Gasteiger partial charge in [-0.25, -0.2) is 15.0 Å². The molecule has 0 spiro atoms. The second kappa shape index (κ2) is 6.78. The lowest BCUT2D eigenvalue weighted by Crippen LogP contribution is -2.11. The zero-order valence-corrected chi connectivity index (χ0v) is 15.2. The zero-order valence-electron chi connectivity index (χ0n) is 14.4. The molecular formula is C19H13N5O3S. The van der Waals surface area contributed by atoms with Gasteiger partial charge in [0, 0.05) is 23.5 Å². The Bertz CT molecular complexity index is 1180. The number of nitrogens with one attached hydrogen (secondary N) is 2. The molecule has 3 heterocycles. The van der Waals surface area contributed by atoms with Crippen molar-refractivity contribution in [3.05, 3.63) is 60.6 Å². The van der Waals surface area contributed by atoms with Gasteiger partial charge in [0.15, 0.2) is 16.6 Å². The van der Waals surface area contributed by atoms with E-state index in [-0.39, 0.29) is 12.7 Å². The van der Waals surface area contributed by atoms with Crippen molar-refractivity contribution in [1.29, 1.82) is 0 Å². The molecule has 0 atom stereocenters. The third kappa shape index (κ3) is 3.19. The summed E-state index contributed by atoms with van der Waals surface area (Å²) in [7, 11) is 0. The molecule has 2 N–H and O–H groups in total. The van der Waals surface area contributed by atoms with Gasteiger partial charge in [0.2, 0.25) is 6.79 Å². The van der Waals surface area contributed by atoms with Gasteiger partial charge in [0.1, 0.15) is 12.1 Å². The number of carbonyl (C=O) groups is 1. The van der Waals surface area contributed by atoms with Crippen LogP contribution in [0.5, 0.6) is 11.5 Å². The molecule has 0 fully saturated rings. The maximum Gasteiger partial charge on any atom is 0.255 e. The third-order valence-electron chi connectivity index (χ3n) is 4.10. The fourth-order valence-electron chi connectivity index (χ4n) is 2.77. The van der Waals surface area contributed by atoms with Crippen LogP contribution in [0.3, 0.4) is 0 Å². The minimum absolute atomic E-state index is 0.195. The molecule has 0 bridgehead atoms. The predicted molar refractivity (Wildman–Crippen MR) is 105 cm³/mol. The minimum atomic E-state index is -0.209. The molecule has 0 saturated carbocycles. The minimum Gasteiger partial charge on any atom is -0.454 e. The maximum atomic E-state index is 12.6. The molecule has 0 radical (unpaired) electrons. The largest absolute Gasteiger partial charge is 0.454 e. The Morgan fingerprint density at radius 3 is 2.89 bits per heavy atom. The summed E-state index contributed by atoms with van der Waals surface area (Å²) in [5.74, 6) is 1.75. The number of amides is 1. The van der Waals surface area contributed by atoms with Crippen molar-refractivity contribution in [2.45, 2.75) is 0 Å². The number of benzene rings is 2. The van der Waals surface area contributed by atoms with Gasteiger partial charge in [-0.05, 0) is 36.4 Å². The monoisotopic (exact) mass is 391 g/mol. The van der Waals surface area contributed by atoms with Gasteiger partial charge in [-0.1, -0.05) is 11.3 Å². The molecule has 1 amide bonds. The van der Waals surface area contributed by atoms with E-state index in [2.05, 4.69) is 25.6 Å². The fourth-order valence-corrected chi connectivity index (χ4v) is 3.68. The van der Waals surface area contributed by atoms with Crippen LogP contribution in [0.1, 0.15) is 10.4 Å². The number of fused-ring (bicyclic) bond motifs is 2. The number of nitrogens with zero attached hydrogens (tertiary/aromatic N) is 3. The van der Waals surface area contributed by atoms with Crippen LogP contribution in [-0.4, -0.2) is 27.7 Å². The van der Waals surface area contributed by atoms with Gasteiger partial charge in [-0.15, -0.1) is 0 Å². The first-order chi connectivity index (χ1) is 13.7. The zero-order chi connectivity index (χ0) is 18.9. The summed E-state index contributed by atoms with van der Waals surface area (Å²) in [5, 5.41) is 6.71. The van der Waals surface area contributed by atoms with Crippen LogP contribution in [0.2, 0.25) is 0 Å². The molecule has 2 aromatic heterocycles. The van der Waals surface area contributed by atoms with Crippen molar-refractivity contribution < 1.29 is 14.3 Å². The van der Waals surface area contributed by atoms with Crippen LogP contribution in [0.15, 0.2) is 55.0 Å². The van der Waals surface area contributed by atoms with Crippen LogP contribution < -0.4 is 20.1 Å². The number of carbonyl (C=O) groups excluding carboxylic acids is 1. The lowest BCUT2D eigenvalue weighted by Gasteiger charge is -2.06. The molecule has 8 nitrogen and oxygen atoms in total. The van der Waals surface area contributed by atoms with E-state index in [1.54, 1.807) is 36.5 Å². The van der Waals surface area contributed by atoms with Crippen molar-refractivity contribution in [2.24, 2.45) is 0 Å². The van der Waals surface area contributed by atoms with E-state index in [0.717, 1.165) is 10.2 Å². The van der Waals surface area contributed by atoms with E-state index in [1.165, 1.54) is 17.7 Å². The molecular weight excluding hydrogens is 378 g/mol. The molecule has 2 aromatic carbocycles. The Morgan fingerprint density at radius 2 is 2.00 bits per heavy atom. The summed E-state index contributed by atoms with van der Waals surface area (Å²) in [5.41, 5.74) is 1.99. The highest BCUT2D eigenvalue weighted by Gasteiger charge is 2.15. The molecule has 1 aliphatic rings. The molecule has 9 heteroatoms. The Labute approximate surface area is 163 Å². The van der Waals surface area contributed by atoms with E-state index in [0.29, 0.717) is 33.7 Å². The van der Waals surface area contributed by atoms with Gasteiger partial charge in [0.25, 0.3) is 5.91 Å². The summed E-state index contributed by atoms with van der Waals surface area (Å²) in [6.07, 6.45) is 3.12. The quantitative estimate of drug-likeness (QED) is 0.546. The first-order valence-corrected chi connectivity index (χ1v) is 9.21. The van der Waals surface area contributed by atoms with Gasteiger partial charge in [0.05, 0.1) is 10.2 Å². The van der Waals surface area contributed by atoms with E-state index < -0.39 is 0 Å². The Balaban J connectivity index is 1.36. The Kier molecular flexibility index (Phi) is 3.99. The average Bonchev–Trinajstić information content (AvgIpc) is 3.33. The second-order valence-electron chi connectivity index (χ2n) is 5.94. The fraction of sp³-hybridized carbons (Fsp3) is 0.0526. The van der Waals surface area contributed by atoms with Crippen molar-refractivity contribution in [3.63, 3.8) is 0 Å². The van der Waals surface area contributed by atoms with E-state index >= 15 is 0 Å². The number of hydrogen-bond donors (Lipinski definition) is 2. The van der Waals surface area contributed by atoms with Gasteiger partial charge < -0.3 is 20.1 Å². The normalized spacial score (nSPS) is 12.1. The number of thiazole rings is 1. The molecule has 0 unspecified atom stereocenters. The van der Waals surface area contributed by atoms with E-state index in [9.17, 15) is 4.79 Å². The second-order valence-corrected chi connectivity index (χ2v) is 6.97. The van der Waals surface area contributed by atoms with Crippen LogP contribution in [0.4, 0.5) is 16.6 Å². The highest BCUT2D eigenvalue weighted by molar-refractivity contribution is 7.22. The van der Waals surface area contributed by atoms with Gasteiger partial charge >= 0.3 is 0 Å². The van der Waals surface area contributed by atoms with Crippen LogP contribution in [0.25, 0.3) is 10.2 Å². The van der Waals surface area contributed by atoms with Crippen LogP contribution in [0, 0.1) is 0 Å². The van der Waals surface area contributed by atoms with Gasteiger partial charge in [-0.2, -0.15) is 0 Å². The van der Waals surface area contributed by atoms with Gasteiger partial charge in [-0.3, -0.25) is 4.79 Å². The molecule has 0 saturated heterocycles. The van der Waals surface area contributed by atoms with Crippen molar-refractivity contribution in [3.8, 4) is 11.5 Å². The van der Waals surface area contributed by atoms with E-state index in [1.807, 2.05) is 12.1 Å². The molecule has 138 valence electrons. The highest BCUT2D eigenvalue weighted by atomic mass is 32.1. The molecule has 5 rings (SSSR count). The summed E-state index contributed by atoms with van der Waals surface area (Å²) in [6, 6.07) is 12.5. The molecule has 4 aromatic rings. The third-order valence-corrected chi connectivity index (χ3v) is 5.03. The molecule has 1 aliphatic heterocycles. The standard InChI is InChI=1S/C19H13N5O3S/c25-18(22-12-2-4-14-15(8-12)27-10-26-14)11-1-3-13-16(7-11)28-19(23-13)24-17-5-6-20-9-21-17/h1-9H,10H2,(H,22,25)(H,20,21,23,24). The molecule has 0 aliphatic carbocycles. The number of rotatable bonds is 4. The first kappa shape index (κ1) is 16.5. The first-order valence-electron chi connectivity index (χ1n) is 8.39. The smallest absolute Gasteiger partial charge is 0.255 e. The SMILES string of the molecule is O=C(Nc1ccc2c(c1)OCO2)c1ccc2nc(Nc3ccncn3)sc2c1. The maximum absolute atomic E-state index is 12.6. The van der Waals surface area contributed by atoms with Crippen LogP contribution in [-0.2, 0) is 0 Å². The lowest BCUT2D eigenvalue weighted by atomic mass is 10.2. The number of aromatic nitrogens is 3. The molecule has 28 heavy (non-hydrogen) atoms. The van der Waals surface area contributed by atoms with E-state index in [4.69, 9.17) is 9.47 Å². The topological polar surface area (TPSA) is 98.3 Å². The van der Waals surface area contributed by atoms with Crippen molar-refractivity contribution >= 4 is 44.1 Å².